The van der Waals surface area contributed by atoms with E-state index in [-0.39, 0.29) is 11.8 Å². The summed E-state index contributed by atoms with van der Waals surface area (Å²) in [5.74, 6) is 2.11. The largest absolute Gasteiger partial charge is 0.354 e. The number of amides is 1. The van der Waals surface area contributed by atoms with E-state index >= 15 is 0 Å². The maximum atomic E-state index is 12.3. The Balaban J connectivity index is 1.51. The summed E-state index contributed by atoms with van der Waals surface area (Å²) in [5, 5.41) is 3.03. The molecule has 1 unspecified atom stereocenters. The Morgan fingerprint density at radius 3 is 3.14 bits per heavy atom. The quantitative estimate of drug-likeness (QED) is 0.885. The van der Waals surface area contributed by atoms with Gasteiger partial charge in [0.05, 0.1) is 5.69 Å². The van der Waals surface area contributed by atoms with E-state index in [1.807, 2.05) is 24.6 Å². The monoisotopic (exact) mass is 287 g/mol. The lowest BCUT2D eigenvalue weighted by molar-refractivity contribution is -0.125. The van der Waals surface area contributed by atoms with Gasteiger partial charge in [-0.1, -0.05) is 0 Å². The predicted octanol–water partition coefficient (Wildman–Crippen LogP) is 1.14. The minimum Gasteiger partial charge on any atom is -0.354 e. The van der Waals surface area contributed by atoms with Crippen molar-refractivity contribution < 1.29 is 4.79 Å². The fourth-order valence-corrected chi connectivity index (χ4v) is 2.93. The van der Waals surface area contributed by atoms with E-state index < -0.39 is 0 Å². The number of hydrogen-bond acceptors (Lipinski definition) is 3. The number of fused-ring (bicyclic) bond motifs is 1. The third kappa shape index (κ3) is 2.99. The van der Waals surface area contributed by atoms with Crippen LogP contribution in [0.15, 0.2) is 12.4 Å². The molecule has 112 valence electrons. The van der Waals surface area contributed by atoms with Gasteiger partial charge < -0.3 is 14.9 Å². The molecular formula is C15H21N5O. The molecule has 2 heterocycles. The molecule has 2 aromatic heterocycles. The molecule has 0 aromatic carbocycles. The number of imidazole rings is 2. The van der Waals surface area contributed by atoms with Gasteiger partial charge in [-0.05, 0) is 26.7 Å². The standard InChI is InChI=1S/C15H21N5O/c1-10-18-13-4-3-12(9-14(13)19-10)15(21)17-6-8-20-7-5-16-11(20)2/h5,7,12H,3-4,6,8-9H2,1-2H3,(H,17,21)(H,18,19). The summed E-state index contributed by atoms with van der Waals surface area (Å²) >= 11 is 0. The van der Waals surface area contributed by atoms with E-state index in [9.17, 15) is 4.79 Å². The van der Waals surface area contributed by atoms with Crippen molar-refractivity contribution in [1.82, 2.24) is 24.8 Å². The zero-order valence-electron chi connectivity index (χ0n) is 12.5. The van der Waals surface area contributed by atoms with Gasteiger partial charge in [0.2, 0.25) is 5.91 Å². The number of hydrogen-bond donors (Lipinski definition) is 2. The summed E-state index contributed by atoms with van der Waals surface area (Å²) in [7, 11) is 0. The van der Waals surface area contributed by atoms with Crippen LogP contribution in [0.2, 0.25) is 0 Å². The molecule has 1 aliphatic rings. The summed E-state index contributed by atoms with van der Waals surface area (Å²) < 4.78 is 2.04. The molecule has 0 spiro atoms. The van der Waals surface area contributed by atoms with Crippen LogP contribution in [0.4, 0.5) is 0 Å². The number of H-pyrrole nitrogens is 1. The molecule has 0 saturated heterocycles. The van der Waals surface area contributed by atoms with Gasteiger partial charge in [0, 0.05) is 43.5 Å². The lowest BCUT2D eigenvalue weighted by atomic mass is 9.89. The van der Waals surface area contributed by atoms with E-state index in [1.54, 1.807) is 6.20 Å². The first kappa shape index (κ1) is 13.9. The molecule has 3 rings (SSSR count). The van der Waals surface area contributed by atoms with Crippen LogP contribution in [0.1, 0.15) is 29.5 Å². The predicted molar refractivity (Wildman–Crippen MR) is 78.8 cm³/mol. The first-order valence-corrected chi connectivity index (χ1v) is 7.43. The van der Waals surface area contributed by atoms with E-state index in [0.717, 1.165) is 48.8 Å². The fourth-order valence-electron chi connectivity index (χ4n) is 2.93. The van der Waals surface area contributed by atoms with Crippen LogP contribution in [-0.2, 0) is 24.2 Å². The number of carbonyl (C=O) groups excluding carboxylic acids is 1. The molecule has 2 N–H and O–H groups in total. The molecule has 0 fully saturated rings. The first-order valence-electron chi connectivity index (χ1n) is 7.43. The maximum Gasteiger partial charge on any atom is 0.223 e. The highest BCUT2D eigenvalue weighted by Crippen LogP contribution is 2.23. The Kier molecular flexibility index (Phi) is 3.77. The topological polar surface area (TPSA) is 75.6 Å². The molecule has 0 radical (unpaired) electrons. The van der Waals surface area contributed by atoms with Gasteiger partial charge >= 0.3 is 0 Å². The third-order valence-corrected chi connectivity index (χ3v) is 4.11. The van der Waals surface area contributed by atoms with Crippen LogP contribution in [0.25, 0.3) is 0 Å². The maximum absolute atomic E-state index is 12.3. The normalized spacial score (nSPS) is 17.5. The highest BCUT2D eigenvalue weighted by molar-refractivity contribution is 5.79. The Labute approximate surface area is 124 Å². The van der Waals surface area contributed by atoms with Crippen molar-refractivity contribution >= 4 is 5.91 Å². The number of aryl methyl sites for hydroxylation is 3. The average molecular weight is 287 g/mol. The van der Waals surface area contributed by atoms with Gasteiger partial charge in [0.25, 0.3) is 0 Å². The molecule has 0 saturated carbocycles. The second kappa shape index (κ2) is 5.71. The van der Waals surface area contributed by atoms with Crippen molar-refractivity contribution in [2.24, 2.45) is 5.92 Å². The molecule has 2 aromatic rings. The second-order valence-electron chi connectivity index (χ2n) is 5.65. The minimum absolute atomic E-state index is 0.0567. The van der Waals surface area contributed by atoms with Gasteiger partial charge in [0.15, 0.2) is 0 Å². The lowest BCUT2D eigenvalue weighted by Gasteiger charge is -2.20. The zero-order chi connectivity index (χ0) is 14.8. The Morgan fingerprint density at radius 2 is 2.38 bits per heavy atom. The average Bonchev–Trinajstić information content (AvgIpc) is 3.02. The Bertz CT molecular complexity index is 642. The number of nitrogens with one attached hydrogen (secondary N) is 2. The van der Waals surface area contributed by atoms with E-state index in [1.165, 1.54) is 0 Å². The number of nitrogens with zero attached hydrogens (tertiary/aromatic N) is 3. The summed E-state index contributed by atoms with van der Waals surface area (Å²) in [6.07, 6.45) is 6.25. The van der Waals surface area contributed by atoms with Gasteiger partial charge in [-0.15, -0.1) is 0 Å². The highest BCUT2D eigenvalue weighted by atomic mass is 16.1. The molecule has 1 aliphatic carbocycles. The number of aromatic nitrogens is 4. The molecule has 6 heteroatoms. The lowest BCUT2D eigenvalue weighted by Crippen LogP contribution is -2.35. The van der Waals surface area contributed by atoms with Crippen molar-refractivity contribution in [2.45, 2.75) is 39.7 Å². The first-order chi connectivity index (χ1) is 10.1. The van der Waals surface area contributed by atoms with Crippen LogP contribution in [0.3, 0.4) is 0 Å². The molecule has 0 bridgehead atoms. The van der Waals surface area contributed by atoms with Crippen molar-refractivity contribution in [2.75, 3.05) is 6.54 Å². The molecule has 1 amide bonds. The van der Waals surface area contributed by atoms with Crippen LogP contribution in [0, 0.1) is 19.8 Å². The Hall–Kier alpha value is -2.11. The molecule has 6 nitrogen and oxygen atoms in total. The molecular weight excluding hydrogens is 266 g/mol. The second-order valence-corrected chi connectivity index (χ2v) is 5.65. The van der Waals surface area contributed by atoms with Gasteiger partial charge in [-0.3, -0.25) is 4.79 Å². The number of rotatable bonds is 4. The summed E-state index contributed by atoms with van der Waals surface area (Å²) in [6.45, 7) is 5.33. The van der Waals surface area contributed by atoms with Gasteiger partial charge in [0.1, 0.15) is 11.6 Å². The van der Waals surface area contributed by atoms with Crippen molar-refractivity contribution in [3.8, 4) is 0 Å². The number of aromatic amines is 1. The minimum atomic E-state index is 0.0567. The highest BCUT2D eigenvalue weighted by Gasteiger charge is 2.26. The number of carbonyl (C=O) groups is 1. The molecule has 0 aliphatic heterocycles. The summed E-state index contributed by atoms with van der Waals surface area (Å²) in [6, 6.07) is 0. The van der Waals surface area contributed by atoms with Crippen LogP contribution in [0.5, 0.6) is 0 Å². The van der Waals surface area contributed by atoms with Crippen LogP contribution in [-0.4, -0.2) is 32.0 Å². The SMILES string of the molecule is Cc1nc2c([nH]1)CC(C(=O)NCCn1ccnc1C)CC2. The fraction of sp³-hybridized carbons (Fsp3) is 0.533. The van der Waals surface area contributed by atoms with Crippen LogP contribution < -0.4 is 5.32 Å². The summed E-state index contributed by atoms with van der Waals surface area (Å²) in [4.78, 5) is 24.1. The van der Waals surface area contributed by atoms with Crippen molar-refractivity contribution in [1.29, 1.82) is 0 Å². The van der Waals surface area contributed by atoms with Crippen molar-refractivity contribution in [3.05, 3.63) is 35.4 Å². The van der Waals surface area contributed by atoms with E-state index in [0.29, 0.717) is 6.54 Å². The van der Waals surface area contributed by atoms with Crippen molar-refractivity contribution in [3.63, 3.8) is 0 Å². The third-order valence-electron chi connectivity index (χ3n) is 4.11. The van der Waals surface area contributed by atoms with E-state index in [2.05, 4.69) is 20.3 Å². The Morgan fingerprint density at radius 1 is 1.52 bits per heavy atom. The van der Waals surface area contributed by atoms with Gasteiger partial charge in [-0.25, -0.2) is 9.97 Å². The molecule has 21 heavy (non-hydrogen) atoms. The van der Waals surface area contributed by atoms with E-state index in [4.69, 9.17) is 0 Å². The molecule has 1 atom stereocenters. The smallest absolute Gasteiger partial charge is 0.223 e. The summed E-state index contributed by atoms with van der Waals surface area (Å²) in [5.41, 5.74) is 2.26. The zero-order valence-corrected chi connectivity index (χ0v) is 12.5. The van der Waals surface area contributed by atoms with Gasteiger partial charge in [-0.2, -0.15) is 0 Å². The van der Waals surface area contributed by atoms with Crippen LogP contribution >= 0.6 is 0 Å².